The number of guanidine groups is 1. The molecule has 1 aromatic rings. The van der Waals surface area contributed by atoms with Crippen molar-refractivity contribution in [2.24, 2.45) is 4.99 Å². The summed E-state index contributed by atoms with van der Waals surface area (Å²) >= 11 is 0. The number of anilines is 1. The lowest BCUT2D eigenvalue weighted by Crippen LogP contribution is -2.49. The van der Waals surface area contributed by atoms with Crippen LogP contribution >= 0.6 is 0 Å². The van der Waals surface area contributed by atoms with E-state index < -0.39 is 0 Å². The van der Waals surface area contributed by atoms with E-state index in [1.54, 1.807) is 31.4 Å². The van der Waals surface area contributed by atoms with Gasteiger partial charge >= 0.3 is 0 Å². The zero-order chi connectivity index (χ0) is 18.8. The van der Waals surface area contributed by atoms with Crippen molar-refractivity contribution >= 4 is 17.8 Å². The van der Waals surface area contributed by atoms with Gasteiger partial charge in [-0.25, -0.2) is 15.0 Å². The minimum Gasteiger partial charge on any atom is -0.357 e. The molecular formula is C17H30N8O. The summed E-state index contributed by atoms with van der Waals surface area (Å²) in [4.78, 5) is 30.8. The third-order valence-corrected chi connectivity index (χ3v) is 4.14. The van der Waals surface area contributed by atoms with Crippen LogP contribution in [0, 0.1) is 0 Å². The van der Waals surface area contributed by atoms with Crippen LogP contribution in [0.5, 0.6) is 0 Å². The summed E-state index contributed by atoms with van der Waals surface area (Å²) in [6.45, 7) is 8.44. The van der Waals surface area contributed by atoms with Gasteiger partial charge in [0.1, 0.15) is 6.54 Å². The number of carbonyl (C=O) groups is 1. The molecule has 1 amide bonds. The number of likely N-dealkylation sites (N-methyl/N-ethyl adjacent to an activating group) is 1. The van der Waals surface area contributed by atoms with E-state index in [1.807, 2.05) is 13.0 Å². The number of hydrogen-bond acceptors (Lipinski definition) is 6. The van der Waals surface area contributed by atoms with E-state index in [0.29, 0.717) is 5.96 Å². The molecule has 1 aliphatic rings. The first-order chi connectivity index (χ1) is 12.6. The SMILES string of the molecule is CCNC(=NCC(=O)N(C)C)NCCN1CCN(c2ncccn2)CC1. The van der Waals surface area contributed by atoms with Gasteiger partial charge in [-0.2, -0.15) is 0 Å². The van der Waals surface area contributed by atoms with Gasteiger partial charge in [-0.05, 0) is 13.0 Å². The van der Waals surface area contributed by atoms with Crippen LogP contribution in [0.4, 0.5) is 5.95 Å². The van der Waals surface area contributed by atoms with Crippen LogP contribution in [0.25, 0.3) is 0 Å². The average molecular weight is 362 g/mol. The fourth-order valence-corrected chi connectivity index (χ4v) is 2.59. The molecule has 1 aromatic heterocycles. The molecule has 144 valence electrons. The third kappa shape index (κ3) is 6.47. The minimum atomic E-state index is -0.0125. The second kappa shape index (κ2) is 10.5. The van der Waals surface area contributed by atoms with Gasteiger partial charge in [0.15, 0.2) is 5.96 Å². The lowest BCUT2D eigenvalue weighted by molar-refractivity contribution is -0.127. The maximum absolute atomic E-state index is 11.7. The van der Waals surface area contributed by atoms with Crippen LogP contribution in [-0.4, -0.2) is 98.1 Å². The van der Waals surface area contributed by atoms with Crippen molar-refractivity contribution in [3.8, 4) is 0 Å². The number of rotatable bonds is 7. The number of amides is 1. The first kappa shape index (κ1) is 19.9. The molecule has 0 spiro atoms. The molecule has 2 heterocycles. The Morgan fingerprint density at radius 1 is 1.19 bits per heavy atom. The van der Waals surface area contributed by atoms with E-state index in [-0.39, 0.29) is 12.5 Å². The number of hydrogen-bond donors (Lipinski definition) is 2. The highest BCUT2D eigenvalue weighted by atomic mass is 16.2. The highest BCUT2D eigenvalue weighted by Gasteiger charge is 2.18. The second-order valence-corrected chi connectivity index (χ2v) is 6.29. The highest BCUT2D eigenvalue weighted by Crippen LogP contribution is 2.08. The molecule has 1 saturated heterocycles. The normalized spacial score (nSPS) is 15.7. The largest absolute Gasteiger partial charge is 0.357 e. The van der Waals surface area contributed by atoms with E-state index in [4.69, 9.17) is 0 Å². The number of nitrogens with one attached hydrogen (secondary N) is 2. The molecule has 9 heteroatoms. The molecule has 9 nitrogen and oxygen atoms in total. The fourth-order valence-electron chi connectivity index (χ4n) is 2.59. The van der Waals surface area contributed by atoms with Crippen LogP contribution in [0.15, 0.2) is 23.5 Å². The van der Waals surface area contributed by atoms with Gasteiger partial charge in [0.2, 0.25) is 11.9 Å². The molecule has 0 unspecified atom stereocenters. The number of carbonyl (C=O) groups excluding carboxylic acids is 1. The predicted molar refractivity (Wildman–Crippen MR) is 103 cm³/mol. The van der Waals surface area contributed by atoms with Crippen LogP contribution in [0.1, 0.15) is 6.92 Å². The third-order valence-electron chi connectivity index (χ3n) is 4.14. The smallest absolute Gasteiger partial charge is 0.243 e. The molecule has 0 bridgehead atoms. The molecule has 0 aromatic carbocycles. The summed E-state index contributed by atoms with van der Waals surface area (Å²) in [5.74, 6) is 1.47. The van der Waals surface area contributed by atoms with Crippen molar-refractivity contribution in [1.82, 2.24) is 30.4 Å². The van der Waals surface area contributed by atoms with Gasteiger partial charge in [-0.3, -0.25) is 9.69 Å². The summed E-state index contributed by atoms with van der Waals surface area (Å²) in [6.07, 6.45) is 3.56. The minimum absolute atomic E-state index is 0.0125. The standard InChI is InChI=1S/C17H30N8O/c1-4-18-16(22-14-15(26)23(2)3)19-8-9-24-10-12-25(13-11-24)17-20-6-5-7-21-17/h5-7H,4,8-14H2,1-3H3,(H2,18,19,22). The van der Waals surface area contributed by atoms with Crippen LogP contribution in [0.3, 0.4) is 0 Å². The summed E-state index contributed by atoms with van der Waals surface area (Å²) in [7, 11) is 3.47. The molecule has 0 atom stereocenters. The van der Waals surface area contributed by atoms with Gasteiger partial charge in [0, 0.05) is 72.3 Å². The molecule has 2 N–H and O–H groups in total. The quantitative estimate of drug-likeness (QED) is 0.487. The van der Waals surface area contributed by atoms with Gasteiger partial charge < -0.3 is 20.4 Å². The van der Waals surface area contributed by atoms with Crippen molar-refractivity contribution in [2.45, 2.75) is 6.92 Å². The van der Waals surface area contributed by atoms with Crippen molar-refractivity contribution in [2.75, 3.05) is 71.4 Å². The summed E-state index contributed by atoms with van der Waals surface area (Å²) in [6, 6.07) is 1.83. The molecule has 1 aliphatic heterocycles. The second-order valence-electron chi connectivity index (χ2n) is 6.29. The summed E-state index contributed by atoms with van der Waals surface area (Å²) in [5.41, 5.74) is 0. The Kier molecular flexibility index (Phi) is 8.07. The van der Waals surface area contributed by atoms with Gasteiger partial charge in [0.05, 0.1) is 0 Å². The predicted octanol–water partition coefficient (Wildman–Crippen LogP) is -0.758. The lowest BCUT2D eigenvalue weighted by atomic mass is 10.3. The molecule has 0 aliphatic carbocycles. The van der Waals surface area contributed by atoms with Crippen molar-refractivity contribution in [3.63, 3.8) is 0 Å². The average Bonchev–Trinajstić information content (AvgIpc) is 2.67. The number of piperazine rings is 1. The van der Waals surface area contributed by atoms with Crippen molar-refractivity contribution < 1.29 is 4.79 Å². The van der Waals surface area contributed by atoms with Crippen molar-refractivity contribution in [3.05, 3.63) is 18.5 Å². The monoisotopic (exact) mass is 362 g/mol. The molecule has 1 fully saturated rings. The van der Waals surface area contributed by atoms with E-state index in [0.717, 1.165) is 51.8 Å². The maximum atomic E-state index is 11.7. The number of nitrogens with zero attached hydrogens (tertiary/aromatic N) is 6. The topological polar surface area (TPSA) is 89.0 Å². The lowest BCUT2D eigenvalue weighted by Gasteiger charge is -2.34. The molecule has 2 rings (SSSR count). The van der Waals surface area contributed by atoms with Crippen molar-refractivity contribution in [1.29, 1.82) is 0 Å². The number of aliphatic imine (C=N–C) groups is 1. The summed E-state index contributed by atoms with van der Waals surface area (Å²) < 4.78 is 0. The summed E-state index contributed by atoms with van der Waals surface area (Å²) in [5, 5.41) is 6.46. The van der Waals surface area contributed by atoms with Crippen LogP contribution in [-0.2, 0) is 4.79 Å². The Balaban J connectivity index is 1.71. The Hall–Kier alpha value is -2.42. The Morgan fingerprint density at radius 2 is 1.88 bits per heavy atom. The molecular weight excluding hydrogens is 332 g/mol. The zero-order valence-electron chi connectivity index (χ0n) is 16.0. The van der Waals surface area contributed by atoms with E-state index >= 15 is 0 Å². The Labute approximate surface area is 155 Å². The Morgan fingerprint density at radius 3 is 2.50 bits per heavy atom. The van der Waals surface area contributed by atoms with Crippen LogP contribution < -0.4 is 15.5 Å². The molecule has 0 saturated carbocycles. The molecule has 26 heavy (non-hydrogen) atoms. The van der Waals surface area contributed by atoms with E-state index in [1.165, 1.54) is 0 Å². The number of aromatic nitrogens is 2. The van der Waals surface area contributed by atoms with Gasteiger partial charge in [0.25, 0.3) is 0 Å². The van der Waals surface area contributed by atoms with Gasteiger partial charge in [-0.1, -0.05) is 0 Å². The first-order valence-corrected chi connectivity index (χ1v) is 9.06. The Bertz CT molecular complexity index is 569. The van der Waals surface area contributed by atoms with E-state index in [9.17, 15) is 4.79 Å². The van der Waals surface area contributed by atoms with Gasteiger partial charge in [-0.15, -0.1) is 0 Å². The zero-order valence-corrected chi connectivity index (χ0v) is 16.0. The highest BCUT2D eigenvalue weighted by molar-refractivity contribution is 5.84. The van der Waals surface area contributed by atoms with E-state index in [2.05, 4.69) is 35.4 Å². The fraction of sp³-hybridized carbons (Fsp3) is 0.647. The first-order valence-electron chi connectivity index (χ1n) is 9.06. The molecule has 0 radical (unpaired) electrons. The maximum Gasteiger partial charge on any atom is 0.243 e. The van der Waals surface area contributed by atoms with Crippen LogP contribution in [0.2, 0.25) is 0 Å².